The summed E-state index contributed by atoms with van der Waals surface area (Å²) in [5.74, 6) is 0. The molecule has 0 saturated heterocycles. The largest absolute Gasteiger partial charge is 0.366 e. The first kappa shape index (κ1) is 14.2. The van der Waals surface area contributed by atoms with Gasteiger partial charge in [-0.3, -0.25) is 0 Å². The second-order valence-electron chi connectivity index (χ2n) is 6.66. The summed E-state index contributed by atoms with van der Waals surface area (Å²) in [6.07, 6.45) is 0. The molecule has 110 valence electrons. The third-order valence-electron chi connectivity index (χ3n) is 4.32. The minimum atomic E-state index is 0.203. The zero-order valence-corrected chi connectivity index (χ0v) is 13.2. The molecular formula is C19H24N2. The highest BCUT2D eigenvalue weighted by Gasteiger charge is 2.38. The molecule has 0 spiro atoms. The summed E-state index contributed by atoms with van der Waals surface area (Å²) in [5, 5.41) is 0. The summed E-state index contributed by atoms with van der Waals surface area (Å²) in [7, 11) is 4.32. The van der Waals surface area contributed by atoms with Crippen LogP contribution in [0.2, 0.25) is 0 Å². The molecule has 0 amide bonds. The molecule has 2 heteroatoms. The molecule has 0 fully saturated rings. The Bertz CT molecular complexity index is 606. The second kappa shape index (κ2) is 5.53. The maximum Gasteiger partial charge on any atom is 0.0429 e. The van der Waals surface area contributed by atoms with Crippen LogP contribution in [0.5, 0.6) is 0 Å². The van der Waals surface area contributed by atoms with Gasteiger partial charge in [-0.05, 0) is 31.3 Å². The van der Waals surface area contributed by atoms with Gasteiger partial charge in [0.2, 0.25) is 0 Å². The Kier molecular flexibility index (Phi) is 3.73. The average Bonchev–Trinajstić information content (AvgIpc) is 2.72. The SMILES string of the molecule is CN(C)C[C@]1(C)CN(Cc2ccccc2)c2ccccc21. The fourth-order valence-corrected chi connectivity index (χ4v) is 3.63. The first-order valence-corrected chi connectivity index (χ1v) is 7.62. The van der Waals surface area contributed by atoms with Crippen LogP contribution in [0.3, 0.4) is 0 Å². The van der Waals surface area contributed by atoms with Gasteiger partial charge in [0.1, 0.15) is 0 Å². The third-order valence-corrected chi connectivity index (χ3v) is 4.32. The van der Waals surface area contributed by atoms with Crippen molar-refractivity contribution in [3.05, 3.63) is 65.7 Å². The van der Waals surface area contributed by atoms with Gasteiger partial charge < -0.3 is 9.80 Å². The van der Waals surface area contributed by atoms with Crippen molar-refractivity contribution in [1.29, 1.82) is 0 Å². The van der Waals surface area contributed by atoms with Gasteiger partial charge in [0.15, 0.2) is 0 Å². The van der Waals surface area contributed by atoms with Gasteiger partial charge in [0, 0.05) is 30.7 Å². The highest BCUT2D eigenvalue weighted by Crippen LogP contribution is 2.41. The van der Waals surface area contributed by atoms with Gasteiger partial charge in [-0.15, -0.1) is 0 Å². The molecule has 0 N–H and O–H groups in total. The quantitative estimate of drug-likeness (QED) is 0.845. The fourth-order valence-electron chi connectivity index (χ4n) is 3.63. The zero-order valence-electron chi connectivity index (χ0n) is 13.2. The smallest absolute Gasteiger partial charge is 0.0429 e. The highest BCUT2D eigenvalue weighted by molar-refractivity contribution is 5.62. The van der Waals surface area contributed by atoms with Crippen LogP contribution in [0.4, 0.5) is 5.69 Å². The number of likely N-dealkylation sites (N-methyl/N-ethyl adjacent to an activating group) is 1. The van der Waals surface area contributed by atoms with E-state index in [0.29, 0.717) is 0 Å². The summed E-state index contributed by atoms with van der Waals surface area (Å²) in [6.45, 7) is 5.53. The van der Waals surface area contributed by atoms with Crippen LogP contribution in [0.25, 0.3) is 0 Å². The molecule has 0 saturated carbocycles. The Labute approximate surface area is 128 Å². The number of benzene rings is 2. The average molecular weight is 280 g/mol. The first-order chi connectivity index (χ1) is 10.1. The molecule has 0 unspecified atom stereocenters. The number of fused-ring (bicyclic) bond motifs is 1. The van der Waals surface area contributed by atoms with E-state index < -0.39 is 0 Å². The van der Waals surface area contributed by atoms with Crippen LogP contribution in [-0.2, 0) is 12.0 Å². The number of hydrogen-bond acceptors (Lipinski definition) is 2. The topological polar surface area (TPSA) is 6.48 Å². The number of anilines is 1. The lowest BCUT2D eigenvalue weighted by atomic mass is 9.84. The maximum atomic E-state index is 2.52. The van der Waals surface area contributed by atoms with E-state index in [1.54, 1.807) is 0 Å². The summed E-state index contributed by atoms with van der Waals surface area (Å²) in [4.78, 5) is 4.82. The predicted molar refractivity (Wildman–Crippen MR) is 89.8 cm³/mol. The molecule has 21 heavy (non-hydrogen) atoms. The molecule has 1 aliphatic heterocycles. The molecule has 2 aromatic carbocycles. The lowest BCUT2D eigenvalue weighted by molar-refractivity contribution is 0.309. The van der Waals surface area contributed by atoms with E-state index in [0.717, 1.165) is 19.6 Å². The van der Waals surface area contributed by atoms with Crippen molar-refractivity contribution in [2.75, 3.05) is 32.1 Å². The Morgan fingerprint density at radius 3 is 2.38 bits per heavy atom. The lowest BCUT2D eigenvalue weighted by Crippen LogP contribution is -2.39. The molecule has 0 aromatic heterocycles. The maximum absolute atomic E-state index is 2.52. The summed E-state index contributed by atoms with van der Waals surface area (Å²) < 4.78 is 0. The van der Waals surface area contributed by atoms with Crippen molar-refractivity contribution >= 4 is 5.69 Å². The van der Waals surface area contributed by atoms with E-state index in [4.69, 9.17) is 0 Å². The van der Waals surface area contributed by atoms with Crippen LogP contribution in [-0.4, -0.2) is 32.1 Å². The normalized spacial score (nSPS) is 20.9. The van der Waals surface area contributed by atoms with E-state index >= 15 is 0 Å². The number of para-hydroxylation sites is 1. The van der Waals surface area contributed by atoms with Gasteiger partial charge in [-0.2, -0.15) is 0 Å². The molecule has 3 rings (SSSR count). The Balaban J connectivity index is 1.91. The van der Waals surface area contributed by atoms with Gasteiger partial charge in [0.25, 0.3) is 0 Å². The molecule has 0 radical (unpaired) electrons. The van der Waals surface area contributed by atoms with E-state index in [2.05, 4.69) is 85.4 Å². The van der Waals surface area contributed by atoms with Crippen molar-refractivity contribution in [2.45, 2.75) is 18.9 Å². The Hall–Kier alpha value is -1.80. The molecule has 1 heterocycles. The van der Waals surface area contributed by atoms with Crippen LogP contribution in [0.15, 0.2) is 54.6 Å². The summed E-state index contributed by atoms with van der Waals surface area (Å²) >= 11 is 0. The lowest BCUT2D eigenvalue weighted by Gasteiger charge is -2.29. The molecule has 1 atom stereocenters. The van der Waals surface area contributed by atoms with Gasteiger partial charge in [0.05, 0.1) is 0 Å². The molecular weight excluding hydrogens is 256 g/mol. The van der Waals surface area contributed by atoms with Crippen LogP contribution in [0.1, 0.15) is 18.1 Å². The molecule has 2 nitrogen and oxygen atoms in total. The van der Waals surface area contributed by atoms with Crippen LogP contribution >= 0.6 is 0 Å². The van der Waals surface area contributed by atoms with E-state index in [9.17, 15) is 0 Å². The molecule has 2 aromatic rings. The Morgan fingerprint density at radius 1 is 1.00 bits per heavy atom. The van der Waals surface area contributed by atoms with Gasteiger partial charge >= 0.3 is 0 Å². The molecule has 0 aliphatic carbocycles. The van der Waals surface area contributed by atoms with Crippen LogP contribution in [0, 0.1) is 0 Å². The molecule has 0 bridgehead atoms. The van der Waals surface area contributed by atoms with Crippen molar-refractivity contribution in [2.24, 2.45) is 0 Å². The number of hydrogen-bond donors (Lipinski definition) is 0. The van der Waals surface area contributed by atoms with Crippen molar-refractivity contribution in [1.82, 2.24) is 4.90 Å². The van der Waals surface area contributed by atoms with Crippen LogP contribution < -0.4 is 4.90 Å². The van der Waals surface area contributed by atoms with E-state index in [1.165, 1.54) is 16.8 Å². The minimum Gasteiger partial charge on any atom is -0.366 e. The van der Waals surface area contributed by atoms with E-state index in [1.807, 2.05) is 0 Å². The standard InChI is InChI=1S/C19H24N2/c1-19(14-20(2)3)15-21(13-16-9-5-4-6-10-16)18-12-8-7-11-17(18)19/h4-12H,13-15H2,1-3H3/t19-/m1/s1. The number of nitrogens with zero attached hydrogens (tertiary/aromatic N) is 2. The monoisotopic (exact) mass is 280 g/mol. The predicted octanol–water partition coefficient (Wildman–Crippen LogP) is 3.53. The van der Waals surface area contributed by atoms with Gasteiger partial charge in [-0.25, -0.2) is 0 Å². The first-order valence-electron chi connectivity index (χ1n) is 7.62. The third kappa shape index (κ3) is 2.81. The Morgan fingerprint density at radius 2 is 1.67 bits per heavy atom. The minimum absolute atomic E-state index is 0.203. The van der Waals surface area contributed by atoms with E-state index in [-0.39, 0.29) is 5.41 Å². The fraction of sp³-hybridized carbons (Fsp3) is 0.368. The van der Waals surface area contributed by atoms with Crippen molar-refractivity contribution in [3.8, 4) is 0 Å². The highest BCUT2D eigenvalue weighted by atomic mass is 15.2. The molecule has 1 aliphatic rings. The van der Waals surface area contributed by atoms with Crippen molar-refractivity contribution in [3.63, 3.8) is 0 Å². The summed E-state index contributed by atoms with van der Waals surface area (Å²) in [6, 6.07) is 19.6. The number of rotatable bonds is 4. The van der Waals surface area contributed by atoms with Crippen molar-refractivity contribution < 1.29 is 0 Å². The summed E-state index contributed by atoms with van der Waals surface area (Å²) in [5.41, 5.74) is 4.45. The second-order valence-corrected chi connectivity index (χ2v) is 6.66. The zero-order chi connectivity index (χ0) is 14.9. The van der Waals surface area contributed by atoms with Gasteiger partial charge in [-0.1, -0.05) is 55.5 Å².